The summed E-state index contributed by atoms with van der Waals surface area (Å²) in [6.45, 7) is 0. The molecule has 0 saturated heterocycles. The highest BCUT2D eigenvalue weighted by molar-refractivity contribution is 9.10. The molecule has 0 unspecified atom stereocenters. The molecule has 19 heavy (non-hydrogen) atoms. The number of hydrogen-bond donors (Lipinski definition) is 3. The predicted octanol–water partition coefficient (Wildman–Crippen LogP) is 1.42. The predicted molar refractivity (Wildman–Crippen MR) is 72.6 cm³/mol. The van der Waals surface area contributed by atoms with E-state index in [1.807, 2.05) is 0 Å². The monoisotopic (exact) mass is 323 g/mol. The van der Waals surface area contributed by atoms with Crippen molar-refractivity contribution in [2.75, 3.05) is 5.43 Å². The summed E-state index contributed by atoms with van der Waals surface area (Å²) in [5.41, 5.74) is 7.92. The van der Waals surface area contributed by atoms with Gasteiger partial charge in [-0.25, -0.2) is 15.8 Å². The van der Waals surface area contributed by atoms with Crippen molar-refractivity contribution in [3.63, 3.8) is 0 Å². The first-order chi connectivity index (χ1) is 9.13. The van der Waals surface area contributed by atoms with Crippen LogP contribution >= 0.6 is 15.9 Å². The number of para-hydroxylation sites is 1. The fourth-order valence-corrected chi connectivity index (χ4v) is 1.79. The van der Waals surface area contributed by atoms with Gasteiger partial charge in [-0.3, -0.25) is 4.79 Å². The molecule has 0 aliphatic heterocycles. The Morgan fingerprint density at radius 3 is 2.74 bits per heavy atom. The second-order valence-corrected chi connectivity index (χ2v) is 4.24. The Bertz CT molecular complexity index is 620. The van der Waals surface area contributed by atoms with Crippen molar-refractivity contribution in [3.05, 3.63) is 40.6 Å². The molecule has 0 saturated carbocycles. The zero-order valence-corrected chi connectivity index (χ0v) is 11.2. The van der Waals surface area contributed by atoms with Gasteiger partial charge in [0, 0.05) is 0 Å². The van der Waals surface area contributed by atoms with E-state index in [4.69, 9.17) is 16.3 Å². The number of nitrogens with zero attached hydrogens (tertiary/aromatic N) is 2. The van der Waals surface area contributed by atoms with Crippen molar-refractivity contribution in [2.24, 2.45) is 11.6 Å². The summed E-state index contributed by atoms with van der Waals surface area (Å²) < 4.78 is 5.99. The number of hydrazine groups is 1. The number of carbonyl (C=O) groups excluding carboxylic acids is 1. The van der Waals surface area contributed by atoms with Gasteiger partial charge in [0.05, 0.1) is 5.56 Å². The Morgan fingerprint density at radius 1 is 1.32 bits per heavy atom. The topological polar surface area (TPSA) is 116 Å². The summed E-state index contributed by atoms with van der Waals surface area (Å²) in [7, 11) is 0. The van der Waals surface area contributed by atoms with Crippen LogP contribution in [0.25, 0.3) is 0 Å². The van der Waals surface area contributed by atoms with Gasteiger partial charge in [0.25, 0.3) is 5.91 Å². The lowest BCUT2D eigenvalue weighted by Crippen LogP contribution is -2.13. The normalized spacial score (nSPS) is 10.0. The zero-order valence-electron chi connectivity index (χ0n) is 9.63. The van der Waals surface area contributed by atoms with Crippen LogP contribution in [0.1, 0.15) is 10.4 Å². The number of rotatable bonds is 4. The lowest BCUT2D eigenvalue weighted by Gasteiger charge is -2.10. The van der Waals surface area contributed by atoms with E-state index in [9.17, 15) is 4.79 Å². The second kappa shape index (κ2) is 5.63. The molecule has 0 atom stereocenters. The number of primary amides is 1. The maximum Gasteiger partial charge on any atom is 0.252 e. The van der Waals surface area contributed by atoms with Gasteiger partial charge in [-0.15, -0.1) is 0 Å². The van der Waals surface area contributed by atoms with Crippen LogP contribution in [0.5, 0.6) is 11.6 Å². The van der Waals surface area contributed by atoms with Gasteiger partial charge in [0.15, 0.2) is 5.82 Å². The summed E-state index contributed by atoms with van der Waals surface area (Å²) >= 11 is 3.25. The van der Waals surface area contributed by atoms with Crippen LogP contribution in [0.15, 0.2) is 35.1 Å². The standard InChI is InChI=1S/C11H10BrN5O2/c12-8-10(17-14)15-5-16-11(8)19-7-4-2-1-3-6(7)9(13)18/h1-5H,14H2,(H2,13,18)(H,15,16,17). The largest absolute Gasteiger partial charge is 0.437 e. The van der Waals surface area contributed by atoms with Crippen molar-refractivity contribution in [1.29, 1.82) is 0 Å². The maximum absolute atomic E-state index is 11.3. The molecule has 5 N–H and O–H groups in total. The van der Waals surface area contributed by atoms with E-state index < -0.39 is 5.91 Å². The third kappa shape index (κ3) is 2.80. The summed E-state index contributed by atoms with van der Waals surface area (Å²) in [5.74, 6) is 5.59. The third-order valence-corrected chi connectivity index (χ3v) is 2.97. The van der Waals surface area contributed by atoms with Crippen molar-refractivity contribution < 1.29 is 9.53 Å². The van der Waals surface area contributed by atoms with Gasteiger partial charge >= 0.3 is 0 Å². The minimum Gasteiger partial charge on any atom is -0.437 e. The van der Waals surface area contributed by atoms with Crippen molar-refractivity contribution in [1.82, 2.24) is 9.97 Å². The minimum absolute atomic E-state index is 0.219. The van der Waals surface area contributed by atoms with Crippen LogP contribution in [0.4, 0.5) is 5.82 Å². The molecule has 1 aromatic carbocycles. The Morgan fingerprint density at radius 2 is 2.05 bits per heavy atom. The van der Waals surface area contributed by atoms with Gasteiger partial charge < -0.3 is 15.9 Å². The molecular weight excluding hydrogens is 314 g/mol. The summed E-state index contributed by atoms with van der Waals surface area (Å²) in [4.78, 5) is 19.1. The molecule has 0 spiro atoms. The average molecular weight is 324 g/mol. The molecule has 7 nitrogen and oxygen atoms in total. The average Bonchev–Trinajstić information content (AvgIpc) is 2.41. The number of nitrogens with one attached hydrogen (secondary N) is 1. The maximum atomic E-state index is 11.3. The Hall–Kier alpha value is -2.19. The van der Waals surface area contributed by atoms with E-state index in [0.29, 0.717) is 16.0 Å². The number of hydrogen-bond acceptors (Lipinski definition) is 6. The molecule has 0 radical (unpaired) electrons. The smallest absolute Gasteiger partial charge is 0.252 e. The van der Waals surface area contributed by atoms with E-state index in [1.165, 1.54) is 6.33 Å². The van der Waals surface area contributed by atoms with E-state index in [2.05, 4.69) is 31.3 Å². The van der Waals surface area contributed by atoms with Gasteiger partial charge in [-0.05, 0) is 28.1 Å². The van der Waals surface area contributed by atoms with Gasteiger partial charge in [-0.1, -0.05) is 12.1 Å². The van der Waals surface area contributed by atoms with Gasteiger partial charge in [0.1, 0.15) is 16.5 Å². The van der Waals surface area contributed by atoms with Crippen molar-refractivity contribution in [2.45, 2.75) is 0 Å². The Kier molecular flexibility index (Phi) is 3.93. The van der Waals surface area contributed by atoms with Crippen LogP contribution in [-0.4, -0.2) is 15.9 Å². The molecule has 8 heteroatoms. The molecule has 0 aliphatic rings. The molecule has 98 valence electrons. The number of ether oxygens (including phenoxy) is 1. The lowest BCUT2D eigenvalue weighted by molar-refractivity contribution is 0.0998. The van der Waals surface area contributed by atoms with E-state index in [0.717, 1.165) is 0 Å². The number of halogens is 1. The van der Waals surface area contributed by atoms with E-state index in [-0.39, 0.29) is 11.4 Å². The van der Waals surface area contributed by atoms with Gasteiger partial charge in [-0.2, -0.15) is 0 Å². The number of amides is 1. The molecule has 0 aliphatic carbocycles. The lowest BCUT2D eigenvalue weighted by atomic mass is 10.2. The first-order valence-corrected chi connectivity index (χ1v) is 5.96. The SMILES string of the molecule is NNc1ncnc(Oc2ccccc2C(N)=O)c1Br. The first-order valence-electron chi connectivity index (χ1n) is 5.17. The van der Waals surface area contributed by atoms with E-state index >= 15 is 0 Å². The molecule has 1 amide bonds. The molecular formula is C11H10BrN5O2. The fraction of sp³-hybridized carbons (Fsp3) is 0. The number of aromatic nitrogens is 2. The second-order valence-electron chi connectivity index (χ2n) is 3.45. The number of nitrogen functional groups attached to an aromatic ring is 1. The molecule has 2 aromatic rings. The van der Waals surface area contributed by atoms with Crippen molar-refractivity contribution in [3.8, 4) is 11.6 Å². The molecule has 2 rings (SSSR count). The zero-order chi connectivity index (χ0) is 13.8. The highest BCUT2D eigenvalue weighted by Crippen LogP contribution is 2.32. The Balaban J connectivity index is 2.39. The van der Waals surface area contributed by atoms with Crippen LogP contribution in [0.3, 0.4) is 0 Å². The quantitative estimate of drug-likeness (QED) is 0.578. The fourth-order valence-electron chi connectivity index (χ4n) is 1.39. The number of anilines is 1. The summed E-state index contributed by atoms with van der Waals surface area (Å²) in [6, 6.07) is 6.59. The highest BCUT2D eigenvalue weighted by Gasteiger charge is 2.14. The summed E-state index contributed by atoms with van der Waals surface area (Å²) in [5, 5.41) is 0. The van der Waals surface area contributed by atoms with Crippen molar-refractivity contribution >= 4 is 27.7 Å². The first kappa shape index (κ1) is 13.2. The molecule has 1 heterocycles. The third-order valence-electron chi connectivity index (χ3n) is 2.25. The minimum atomic E-state index is -0.585. The van der Waals surface area contributed by atoms with E-state index in [1.54, 1.807) is 24.3 Å². The molecule has 1 aromatic heterocycles. The molecule has 0 bridgehead atoms. The van der Waals surface area contributed by atoms with Crippen LogP contribution in [0, 0.1) is 0 Å². The number of benzene rings is 1. The number of carbonyl (C=O) groups is 1. The summed E-state index contributed by atoms with van der Waals surface area (Å²) in [6.07, 6.45) is 1.28. The number of nitrogens with two attached hydrogens (primary N) is 2. The van der Waals surface area contributed by atoms with Crippen LogP contribution in [-0.2, 0) is 0 Å². The van der Waals surface area contributed by atoms with Crippen LogP contribution in [0.2, 0.25) is 0 Å². The van der Waals surface area contributed by atoms with Gasteiger partial charge in [0.2, 0.25) is 5.88 Å². The Labute approximate surface area is 117 Å². The highest BCUT2D eigenvalue weighted by atomic mass is 79.9. The molecule has 0 fully saturated rings. The van der Waals surface area contributed by atoms with Crippen LogP contribution < -0.4 is 21.7 Å².